The molecule has 0 bridgehead atoms. The molecule has 164 valence electrons. The van der Waals surface area contributed by atoms with Crippen molar-refractivity contribution in [2.75, 3.05) is 11.1 Å². The molecule has 2 aromatic carbocycles. The SMILES string of the molecule is Cc1ccc(-c2nc(SCC(=O)Nc3cc(C(C)(C)C)nn3-c3ccccc3)n[nH]2)cc1. The van der Waals surface area contributed by atoms with E-state index in [4.69, 9.17) is 5.10 Å². The van der Waals surface area contributed by atoms with Gasteiger partial charge in [-0.15, -0.1) is 5.10 Å². The molecule has 2 heterocycles. The zero-order valence-corrected chi connectivity index (χ0v) is 19.4. The number of hydrogen-bond donors (Lipinski definition) is 2. The molecule has 4 aromatic rings. The van der Waals surface area contributed by atoms with Gasteiger partial charge in [0, 0.05) is 17.0 Å². The first-order chi connectivity index (χ1) is 15.3. The smallest absolute Gasteiger partial charge is 0.236 e. The largest absolute Gasteiger partial charge is 0.310 e. The fourth-order valence-electron chi connectivity index (χ4n) is 3.06. The fourth-order valence-corrected chi connectivity index (χ4v) is 3.66. The number of H-pyrrole nitrogens is 1. The van der Waals surface area contributed by atoms with E-state index in [2.05, 4.69) is 41.3 Å². The van der Waals surface area contributed by atoms with Crippen molar-refractivity contribution in [3.63, 3.8) is 0 Å². The summed E-state index contributed by atoms with van der Waals surface area (Å²) in [5.41, 5.74) is 3.80. The lowest BCUT2D eigenvalue weighted by atomic mass is 9.92. The number of anilines is 1. The Kier molecular flexibility index (Phi) is 6.14. The number of nitrogens with zero attached hydrogens (tertiary/aromatic N) is 4. The summed E-state index contributed by atoms with van der Waals surface area (Å²) < 4.78 is 1.77. The second-order valence-corrected chi connectivity index (χ2v) is 9.52. The number of aryl methyl sites for hydroxylation is 1. The van der Waals surface area contributed by atoms with Gasteiger partial charge in [0.15, 0.2) is 5.82 Å². The first-order valence-corrected chi connectivity index (χ1v) is 11.4. The number of hydrogen-bond acceptors (Lipinski definition) is 5. The van der Waals surface area contributed by atoms with Crippen LogP contribution in [0.4, 0.5) is 5.82 Å². The van der Waals surface area contributed by atoms with Crippen LogP contribution in [0.2, 0.25) is 0 Å². The molecule has 4 rings (SSSR count). The lowest BCUT2D eigenvalue weighted by molar-refractivity contribution is -0.113. The van der Waals surface area contributed by atoms with E-state index >= 15 is 0 Å². The van der Waals surface area contributed by atoms with Crippen molar-refractivity contribution in [1.29, 1.82) is 0 Å². The third kappa shape index (κ3) is 5.08. The van der Waals surface area contributed by atoms with Crippen LogP contribution in [0.15, 0.2) is 65.8 Å². The normalized spacial score (nSPS) is 11.5. The van der Waals surface area contributed by atoms with Crippen LogP contribution < -0.4 is 5.32 Å². The van der Waals surface area contributed by atoms with Crippen LogP contribution in [0.25, 0.3) is 17.1 Å². The topological polar surface area (TPSA) is 88.5 Å². The standard InChI is InChI=1S/C24H26N6OS/c1-16-10-12-17(13-11-16)22-26-23(28-27-22)32-15-21(31)25-20-14-19(24(2,3)4)29-30(20)18-8-6-5-7-9-18/h5-14H,15H2,1-4H3,(H,25,31)(H,26,27,28). The molecule has 7 nitrogen and oxygen atoms in total. The maximum absolute atomic E-state index is 12.7. The van der Waals surface area contributed by atoms with Crippen molar-refractivity contribution in [2.45, 2.75) is 38.3 Å². The Hall–Kier alpha value is -3.39. The lowest BCUT2D eigenvalue weighted by Gasteiger charge is -2.14. The maximum atomic E-state index is 12.7. The molecule has 0 unspecified atom stereocenters. The number of benzene rings is 2. The highest BCUT2D eigenvalue weighted by molar-refractivity contribution is 7.99. The maximum Gasteiger partial charge on any atom is 0.236 e. The van der Waals surface area contributed by atoms with Crippen molar-refractivity contribution >= 4 is 23.5 Å². The van der Waals surface area contributed by atoms with Crippen molar-refractivity contribution in [3.8, 4) is 17.1 Å². The van der Waals surface area contributed by atoms with Gasteiger partial charge in [0.2, 0.25) is 11.1 Å². The molecule has 0 atom stereocenters. The molecule has 0 aliphatic carbocycles. The Bertz CT molecular complexity index is 1210. The second kappa shape index (κ2) is 9.00. The number of aromatic nitrogens is 5. The summed E-state index contributed by atoms with van der Waals surface area (Å²) >= 11 is 1.29. The molecule has 8 heteroatoms. The molecule has 0 radical (unpaired) electrons. The molecule has 2 aromatic heterocycles. The van der Waals surface area contributed by atoms with Crippen molar-refractivity contribution < 1.29 is 4.79 Å². The zero-order valence-electron chi connectivity index (χ0n) is 18.6. The average Bonchev–Trinajstić information content (AvgIpc) is 3.41. The van der Waals surface area contributed by atoms with Gasteiger partial charge in [0.05, 0.1) is 17.1 Å². The predicted molar refractivity (Wildman–Crippen MR) is 128 cm³/mol. The third-order valence-electron chi connectivity index (χ3n) is 4.87. The molecular weight excluding hydrogens is 420 g/mol. The molecule has 0 aliphatic heterocycles. The van der Waals surface area contributed by atoms with Gasteiger partial charge in [-0.2, -0.15) is 5.10 Å². The summed E-state index contributed by atoms with van der Waals surface area (Å²) in [6, 6.07) is 19.7. The van der Waals surface area contributed by atoms with E-state index in [0.717, 1.165) is 16.9 Å². The second-order valence-electron chi connectivity index (χ2n) is 8.58. The van der Waals surface area contributed by atoms with E-state index in [-0.39, 0.29) is 17.1 Å². The van der Waals surface area contributed by atoms with Crippen LogP contribution >= 0.6 is 11.8 Å². The van der Waals surface area contributed by atoms with E-state index in [1.165, 1.54) is 17.3 Å². The quantitative estimate of drug-likeness (QED) is 0.407. The van der Waals surface area contributed by atoms with E-state index in [9.17, 15) is 4.79 Å². The van der Waals surface area contributed by atoms with Crippen LogP contribution in [0.1, 0.15) is 32.0 Å². The number of rotatable bonds is 6. The monoisotopic (exact) mass is 446 g/mol. The van der Waals surface area contributed by atoms with Gasteiger partial charge < -0.3 is 5.32 Å². The van der Waals surface area contributed by atoms with Gasteiger partial charge in [-0.3, -0.25) is 9.89 Å². The van der Waals surface area contributed by atoms with E-state index in [0.29, 0.717) is 16.8 Å². The van der Waals surface area contributed by atoms with Gasteiger partial charge in [0.25, 0.3) is 0 Å². The summed E-state index contributed by atoms with van der Waals surface area (Å²) in [5, 5.41) is 15.4. The Balaban J connectivity index is 1.45. The summed E-state index contributed by atoms with van der Waals surface area (Å²) in [6.45, 7) is 8.33. The summed E-state index contributed by atoms with van der Waals surface area (Å²) in [6.07, 6.45) is 0. The molecule has 32 heavy (non-hydrogen) atoms. The zero-order chi connectivity index (χ0) is 22.7. The Morgan fingerprint density at radius 2 is 1.81 bits per heavy atom. The molecule has 0 spiro atoms. The van der Waals surface area contributed by atoms with Gasteiger partial charge in [-0.1, -0.05) is 80.6 Å². The molecular formula is C24H26N6OS. The van der Waals surface area contributed by atoms with E-state index in [1.54, 1.807) is 4.68 Å². The first-order valence-electron chi connectivity index (χ1n) is 10.4. The number of thioether (sulfide) groups is 1. The first kappa shape index (κ1) is 21.8. The van der Waals surface area contributed by atoms with Gasteiger partial charge in [-0.05, 0) is 19.1 Å². The Labute approximate surface area is 191 Å². The number of aromatic amines is 1. The Morgan fingerprint density at radius 1 is 1.09 bits per heavy atom. The number of carbonyl (C=O) groups excluding carboxylic acids is 1. The van der Waals surface area contributed by atoms with E-state index < -0.39 is 0 Å². The van der Waals surface area contributed by atoms with Crippen LogP contribution in [0.5, 0.6) is 0 Å². The Morgan fingerprint density at radius 3 is 2.50 bits per heavy atom. The van der Waals surface area contributed by atoms with Crippen molar-refractivity contribution in [2.24, 2.45) is 0 Å². The highest BCUT2D eigenvalue weighted by atomic mass is 32.2. The van der Waals surface area contributed by atoms with Crippen LogP contribution in [-0.4, -0.2) is 36.6 Å². The predicted octanol–water partition coefficient (Wildman–Crippen LogP) is 4.99. The highest BCUT2D eigenvalue weighted by Crippen LogP contribution is 2.27. The van der Waals surface area contributed by atoms with Crippen LogP contribution in [0.3, 0.4) is 0 Å². The molecule has 0 aliphatic rings. The summed E-state index contributed by atoms with van der Waals surface area (Å²) in [5.74, 6) is 1.37. The summed E-state index contributed by atoms with van der Waals surface area (Å²) in [7, 11) is 0. The van der Waals surface area contributed by atoms with Crippen molar-refractivity contribution in [1.82, 2.24) is 25.0 Å². The average molecular weight is 447 g/mol. The minimum absolute atomic E-state index is 0.139. The number of amides is 1. The van der Waals surface area contributed by atoms with Crippen LogP contribution in [0, 0.1) is 6.92 Å². The van der Waals surface area contributed by atoms with Gasteiger partial charge in [0.1, 0.15) is 5.82 Å². The minimum atomic E-state index is -0.144. The lowest BCUT2D eigenvalue weighted by Crippen LogP contribution is -2.17. The van der Waals surface area contributed by atoms with E-state index in [1.807, 2.05) is 67.6 Å². The molecule has 2 N–H and O–H groups in total. The third-order valence-corrected chi connectivity index (χ3v) is 5.72. The molecule has 0 fully saturated rings. The fraction of sp³-hybridized carbons (Fsp3) is 0.250. The number of nitrogens with one attached hydrogen (secondary N) is 2. The van der Waals surface area contributed by atoms with Gasteiger partial charge >= 0.3 is 0 Å². The number of carbonyl (C=O) groups is 1. The number of para-hydroxylation sites is 1. The van der Waals surface area contributed by atoms with Gasteiger partial charge in [-0.25, -0.2) is 9.67 Å². The van der Waals surface area contributed by atoms with Crippen LogP contribution in [-0.2, 0) is 10.2 Å². The summed E-state index contributed by atoms with van der Waals surface area (Å²) in [4.78, 5) is 17.2. The molecule has 1 amide bonds. The minimum Gasteiger partial charge on any atom is -0.310 e. The molecule has 0 saturated heterocycles. The molecule has 0 saturated carbocycles. The van der Waals surface area contributed by atoms with Crippen molar-refractivity contribution in [3.05, 3.63) is 71.9 Å². The highest BCUT2D eigenvalue weighted by Gasteiger charge is 2.21.